The Kier molecular flexibility index (Phi) is 4.71. The number of benzene rings is 1. The van der Waals surface area contributed by atoms with Crippen LogP contribution in [-0.4, -0.2) is 18.1 Å². The summed E-state index contributed by atoms with van der Waals surface area (Å²) >= 11 is 0. The lowest BCUT2D eigenvalue weighted by molar-refractivity contribution is -0.105. The van der Waals surface area contributed by atoms with Crippen molar-refractivity contribution >= 4 is 24.2 Å². The van der Waals surface area contributed by atoms with Crippen LogP contribution in [0.3, 0.4) is 0 Å². The summed E-state index contributed by atoms with van der Waals surface area (Å²) in [4.78, 5) is 10.7. The van der Waals surface area contributed by atoms with Crippen LogP contribution in [0.2, 0.25) is 0 Å². The number of anilines is 1. The first-order valence-electron chi connectivity index (χ1n) is 8.12. The Labute approximate surface area is 146 Å². The highest BCUT2D eigenvalue weighted by Crippen LogP contribution is 2.24. The topological polar surface area (TPSA) is 67.0 Å². The van der Waals surface area contributed by atoms with Crippen LogP contribution in [-0.2, 0) is 16.1 Å². The Hall–Kier alpha value is -3.26. The second kappa shape index (κ2) is 7.10. The second-order valence-corrected chi connectivity index (χ2v) is 5.62. The molecule has 1 amide bonds. The normalized spacial score (nSPS) is 12.6. The molecule has 0 bridgehead atoms. The number of allylic oxidation sites excluding steroid dienone is 2. The van der Waals surface area contributed by atoms with Crippen molar-refractivity contribution in [1.29, 1.82) is 5.26 Å². The summed E-state index contributed by atoms with van der Waals surface area (Å²) in [7, 11) is 1.63. The van der Waals surface area contributed by atoms with E-state index in [-0.39, 0.29) is 0 Å². The fraction of sp³-hybridized carbons (Fsp3) is 0.200. The van der Waals surface area contributed by atoms with E-state index in [4.69, 9.17) is 4.74 Å². The monoisotopic (exact) mass is 333 g/mol. The number of aromatic nitrogens is 1. The van der Waals surface area contributed by atoms with Crippen LogP contribution in [0.5, 0.6) is 0 Å². The number of nitrogens with zero attached hydrogens (tertiary/aromatic N) is 2. The molecule has 1 heterocycles. The molecule has 1 N–H and O–H groups in total. The van der Waals surface area contributed by atoms with Gasteiger partial charge in [-0.15, -0.1) is 0 Å². The first kappa shape index (κ1) is 16.6. The van der Waals surface area contributed by atoms with E-state index in [1.165, 1.54) is 0 Å². The minimum Gasteiger partial charge on any atom is -0.497 e. The van der Waals surface area contributed by atoms with Crippen LogP contribution in [0.15, 0.2) is 36.1 Å². The van der Waals surface area contributed by atoms with Crippen LogP contribution in [0.4, 0.5) is 5.69 Å². The van der Waals surface area contributed by atoms with Gasteiger partial charge in [0.25, 0.3) is 0 Å². The molecule has 0 spiro atoms. The highest BCUT2D eigenvalue weighted by Gasteiger charge is 2.17. The van der Waals surface area contributed by atoms with Crippen molar-refractivity contribution in [2.45, 2.75) is 19.9 Å². The Balaban J connectivity index is 2.35. The molecule has 0 atom stereocenters. The molecule has 0 unspecified atom stereocenters. The zero-order valence-electron chi connectivity index (χ0n) is 14.2. The van der Waals surface area contributed by atoms with Gasteiger partial charge in [-0.05, 0) is 37.6 Å². The maximum Gasteiger partial charge on any atom is 0.211 e. The molecule has 0 aliphatic heterocycles. The number of hydrogen-bond donors (Lipinski definition) is 1. The third-order valence-corrected chi connectivity index (χ3v) is 4.28. The van der Waals surface area contributed by atoms with E-state index in [2.05, 4.69) is 29.0 Å². The van der Waals surface area contributed by atoms with Crippen molar-refractivity contribution in [2.24, 2.45) is 0 Å². The minimum absolute atomic E-state index is 0.612. The standard InChI is InChI=1S/C20H19N3O2/c1-3-23-19-9-5-8-16(25-2)11-17(19)18(12-21)20(23)14-6-4-7-15(10-14)22-13-24/h4,6-11,13H,3,5H2,1-2H3,(H,22,24). The third-order valence-electron chi connectivity index (χ3n) is 4.28. The van der Waals surface area contributed by atoms with Gasteiger partial charge in [0.2, 0.25) is 6.41 Å². The first-order valence-corrected chi connectivity index (χ1v) is 8.12. The first-order chi connectivity index (χ1) is 12.2. The molecule has 25 heavy (non-hydrogen) atoms. The number of fused-ring (bicyclic) bond motifs is 1. The molecule has 5 heteroatoms. The molecule has 126 valence electrons. The van der Waals surface area contributed by atoms with E-state index in [1.54, 1.807) is 7.11 Å². The predicted molar refractivity (Wildman–Crippen MR) is 97.8 cm³/mol. The van der Waals surface area contributed by atoms with Gasteiger partial charge in [0, 0.05) is 28.4 Å². The van der Waals surface area contributed by atoms with E-state index in [0.717, 1.165) is 40.5 Å². The average molecular weight is 333 g/mol. The second-order valence-electron chi connectivity index (χ2n) is 5.62. The maximum atomic E-state index is 10.7. The van der Waals surface area contributed by atoms with Crippen LogP contribution in [0.25, 0.3) is 23.4 Å². The van der Waals surface area contributed by atoms with Crippen LogP contribution < -0.4 is 15.9 Å². The van der Waals surface area contributed by atoms with Crippen molar-refractivity contribution in [1.82, 2.24) is 4.57 Å². The summed E-state index contributed by atoms with van der Waals surface area (Å²) in [6.07, 6.45) is 7.42. The van der Waals surface area contributed by atoms with Crippen molar-refractivity contribution in [3.8, 4) is 17.3 Å². The molecule has 0 saturated heterocycles. The van der Waals surface area contributed by atoms with Gasteiger partial charge in [-0.1, -0.05) is 18.2 Å². The SMILES string of the molecule is CCn1c(-c2cccc(NC=O)c2)c(C#N)c2c1=CCC=C(OC)C=2. The summed E-state index contributed by atoms with van der Waals surface area (Å²) < 4.78 is 7.52. The average Bonchev–Trinajstić information content (AvgIpc) is 2.77. The molecule has 1 aromatic heterocycles. The van der Waals surface area contributed by atoms with Gasteiger partial charge in [0.1, 0.15) is 11.8 Å². The predicted octanol–water partition coefficient (Wildman–Crippen LogP) is 2.11. The summed E-state index contributed by atoms with van der Waals surface area (Å²) in [6, 6.07) is 9.87. The molecule has 5 nitrogen and oxygen atoms in total. The molecule has 0 saturated carbocycles. The van der Waals surface area contributed by atoms with Gasteiger partial charge in [0.05, 0.1) is 18.4 Å². The number of hydrogen-bond acceptors (Lipinski definition) is 3. The number of carbonyl (C=O) groups is 1. The lowest BCUT2D eigenvalue weighted by atomic mass is 10.1. The third kappa shape index (κ3) is 2.94. The van der Waals surface area contributed by atoms with Crippen molar-refractivity contribution in [3.05, 3.63) is 52.2 Å². The molecule has 0 radical (unpaired) electrons. The van der Waals surface area contributed by atoms with Gasteiger partial charge < -0.3 is 14.6 Å². The van der Waals surface area contributed by atoms with E-state index >= 15 is 0 Å². The largest absolute Gasteiger partial charge is 0.497 e. The summed E-state index contributed by atoms with van der Waals surface area (Å²) in [5.41, 5.74) is 3.06. The van der Waals surface area contributed by atoms with Gasteiger partial charge in [-0.25, -0.2) is 0 Å². The maximum absolute atomic E-state index is 10.7. The number of rotatable bonds is 5. The number of ether oxygens (including phenoxy) is 1. The summed E-state index contributed by atoms with van der Waals surface area (Å²) in [5, 5.41) is 14.4. The number of nitriles is 1. The van der Waals surface area contributed by atoms with Crippen LogP contribution in [0.1, 0.15) is 18.9 Å². The molecule has 3 rings (SSSR count). The number of methoxy groups -OCH3 is 1. The Morgan fingerprint density at radius 2 is 2.24 bits per heavy atom. The van der Waals surface area contributed by atoms with Crippen molar-refractivity contribution < 1.29 is 9.53 Å². The highest BCUT2D eigenvalue weighted by atomic mass is 16.5. The molecular formula is C20H19N3O2. The zero-order chi connectivity index (χ0) is 17.8. The fourth-order valence-electron chi connectivity index (χ4n) is 3.22. The lowest BCUT2D eigenvalue weighted by Crippen LogP contribution is -2.29. The van der Waals surface area contributed by atoms with Gasteiger partial charge in [-0.2, -0.15) is 5.26 Å². The molecule has 0 fully saturated rings. The quantitative estimate of drug-likeness (QED) is 0.852. The number of nitrogens with one attached hydrogen (secondary N) is 1. The Morgan fingerprint density at radius 1 is 1.40 bits per heavy atom. The van der Waals surface area contributed by atoms with E-state index in [1.807, 2.05) is 36.4 Å². The molecule has 1 aromatic carbocycles. The van der Waals surface area contributed by atoms with Gasteiger partial charge >= 0.3 is 0 Å². The fourth-order valence-corrected chi connectivity index (χ4v) is 3.22. The van der Waals surface area contributed by atoms with Crippen molar-refractivity contribution in [3.63, 3.8) is 0 Å². The van der Waals surface area contributed by atoms with Crippen molar-refractivity contribution in [2.75, 3.05) is 12.4 Å². The van der Waals surface area contributed by atoms with E-state index in [9.17, 15) is 10.1 Å². The minimum atomic E-state index is 0.612. The smallest absolute Gasteiger partial charge is 0.211 e. The molecular weight excluding hydrogens is 314 g/mol. The number of carbonyl (C=O) groups excluding carboxylic acids is 1. The summed E-state index contributed by atoms with van der Waals surface area (Å²) in [6.45, 7) is 2.79. The van der Waals surface area contributed by atoms with Crippen LogP contribution >= 0.6 is 0 Å². The molecule has 2 aromatic rings. The number of amides is 1. The molecule has 1 aliphatic rings. The Morgan fingerprint density at radius 3 is 2.92 bits per heavy atom. The highest BCUT2D eigenvalue weighted by molar-refractivity contribution is 5.77. The summed E-state index contributed by atoms with van der Waals surface area (Å²) in [5.74, 6) is 0.752. The zero-order valence-corrected chi connectivity index (χ0v) is 14.2. The van der Waals surface area contributed by atoms with Gasteiger partial charge in [-0.3, -0.25) is 4.79 Å². The van der Waals surface area contributed by atoms with Gasteiger partial charge in [0.15, 0.2) is 0 Å². The van der Waals surface area contributed by atoms with E-state index < -0.39 is 0 Å². The lowest BCUT2D eigenvalue weighted by Gasteiger charge is -2.09. The van der Waals surface area contributed by atoms with E-state index in [0.29, 0.717) is 17.7 Å². The molecule has 1 aliphatic carbocycles. The van der Waals surface area contributed by atoms with Crippen LogP contribution in [0, 0.1) is 11.3 Å². The Bertz CT molecular complexity index is 1010.